The van der Waals surface area contributed by atoms with E-state index in [0.717, 1.165) is 50.2 Å². The highest BCUT2D eigenvalue weighted by Gasteiger charge is 2.24. The largest absolute Gasteiger partial charge is 0.213 e. The molecule has 5 rings (SSSR count). The lowest BCUT2D eigenvalue weighted by Gasteiger charge is -2.23. The molecule has 0 saturated heterocycles. The van der Waals surface area contributed by atoms with Gasteiger partial charge in [-0.1, -0.05) is 88.4 Å². The summed E-state index contributed by atoms with van der Waals surface area (Å²) >= 11 is 0. The topological polar surface area (TPSA) is 3.88 Å². The number of aromatic nitrogens is 1. The minimum Gasteiger partial charge on any atom is -0.207 e. The maximum Gasteiger partial charge on any atom is 0.213 e. The molecule has 1 nitrogen and oxygen atoms in total. The summed E-state index contributed by atoms with van der Waals surface area (Å²) in [5.74, 6) is -0.201. The van der Waals surface area contributed by atoms with Gasteiger partial charge in [-0.2, -0.15) is 0 Å². The predicted molar refractivity (Wildman–Crippen MR) is 172 cm³/mol. The van der Waals surface area contributed by atoms with E-state index in [9.17, 15) is 4.39 Å². The van der Waals surface area contributed by atoms with E-state index in [4.69, 9.17) is 8.22 Å². The van der Waals surface area contributed by atoms with Crippen molar-refractivity contribution in [2.75, 3.05) is 0 Å². The lowest BCUT2D eigenvalue weighted by Crippen LogP contribution is -2.31. The summed E-state index contributed by atoms with van der Waals surface area (Å²) in [6.07, 6.45) is 1.69. The van der Waals surface area contributed by atoms with Crippen LogP contribution in [0.5, 0.6) is 0 Å². The standard InChI is InChI=1S/C39H41FN/c1-24(2)33-19-31(29-14-16-32(40)17-15-29)20-34(25(3)4)39(33)37-22-38(41(8)23-28(37)7)36-21-35(26(5)18-27(36)6)30-12-10-9-11-13-30/h9-25H,1-8H3/q+1/i5D3,7D3. The molecule has 0 radical (unpaired) electrons. The second kappa shape index (κ2) is 11.4. The zero-order chi connectivity index (χ0) is 34.4. The van der Waals surface area contributed by atoms with E-state index in [2.05, 4.69) is 39.8 Å². The van der Waals surface area contributed by atoms with Crippen LogP contribution in [0.1, 0.15) is 75.6 Å². The van der Waals surface area contributed by atoms with Gasteiger partial charge in [0.15, 0.2) is 6.20 Å². The van der Waals surface area contributed by atoms with Crippen LogP contribution in [-0.4, -0.2) is 0 Å². The van der Waals surface area contributed by atoms with Crippen molar-refractivity contribution in [1.29, 1.82) is 0 Å². The fourth-order valence-electron chi connectivity index (χ4n) is 5.68. The van der Waals surface area contributed by atoms with Crippen molar-refractivity contribution < 1.29 is 17.2 Å². The Morgan fingerprint density at radius 1 is 0.634 bits per heavy atom. The minimum atomic E-state index is -2.40. The first-order valence-electron chi connectivity index (χ1n) is 17.2. The third-order valence-corrected chi connectivity index (χ3v) is 7.89. The van der Waals surface area contributed by atoms with Crippen LogP contribution >= 0.6 is 0 Å². The molecular formula is C39H41FN+. The minimum absolute atomic E-state index is 0.0507. The van der Waals surface area contributed by atoms with E-state index < -0.39 is 13.7 Å². The number of hydrogen-bond donors (Lipinski definition) is 0. The number of halogens is 1. The van der Waals surface area contributed by atoms with Gasteiger partial charge in [0.05, 0.1) is 0 Å². The molecule has 0 spiro atoms. The highest BCUT2D eigenvalue weighted by Crippen LogP contribution is 2.42. The Labute approximate surface area is 253 Å². The summed E-state index contributed by atoms with van der Waals surface area (Å²) < 4.78 is 66.3. The smallest absolute Gasteiger partial charge is 0.207 e. The van der Waals surface area contributed by atoms with E-state index in [1.807, 2.05) is 61.0 Å². The lowest BCUT2D eigenvalue weighted by atomic mass is 9.81. The maximum atomic E-state index is 13.8. The zero-order valence-corrected chi connectivity index (χ0v) is 24.6. The number of nitrogens with zero attached hydrogens (tertiary/aromatic N) is 1. The molecule has 0 saturated carbocycles. The number of aryl methyl sites for hydroxylation is 4. The van der Waals surface area contributed by atoms with Crippen molar-refractivity contribution >= 4 is 0 Å². The zero-order valence-electron chi connectivity index (χ0n) is 30.6. The Balaban J connectivity index is 1.86. The van der Waals surface area contributed by atoms with Gasteiger partial charge in [0.25, 0.3) is 0 Å². The summed E-state index contributed by atoms with van der Waals surface area (Å²) in [5, 5.41) is 0. The molecule has 0 amide bonds. The monoisotopic (exact) mass is 548 g/mol. The molecule has 41 heavy (non-hydrogen) atoms. The number of pyridine rings is 1. The van der Waals surface area contributed by atoms with Gasteiger partial charge < -0.3 is 0 Å². The molecule has 0 aliphatic heterocycles. The van der Waals surface area contributed by atoms with Crippen molar-refractivity contribution in [2.24, 2.45) is 7.05 Å². The normalized spacial score (nSPS) is 14.3. The number of hydrogen-bond acceptors (Lipinski definition) is 0. The Morgan fingerprint density at radius 3 is 1.85 bits per heavy atom. The third-order valence-electron chi connectivity index (χ3n) is 7.89. The average molecular weight is 549 g/mol. The molecule has 0 bridgehead atoms. The van der Waals surface area contributed by atoms with Crippen LogP contribution in [0.25, 0.3) is 44.6 Å². The lowest BCUT2D eigenvalue weighted by molar-refractivity contribution is -0.660. The van der Waals surface area contributed by atoms with Gasteiger partial charge >= 0.3 is 0 Å². The van der Waals surface area contributed by atoms with E-state index >= 15 is 0 Å². The molecule has 0 aliphatic rings. The molecule has 5 aromatic rings. The fraction of sp³-hybridized carbons (Fsp3) is 0.256. The summed E-state index contributed by atoms with van der Waals surface area (Å²) in [4.78, 5) is 0. The van der Waals surface area contributed by atoms with Gasteiger partial charge in [-0.15, -0.1) is 0 Å². The van der Waals surface area contributed by atoms with Crippen molar-refractivity contribution in [3.05, 3.63) is 125 Å². The summed E-state index contributed by atoms with van der Waals surface area (Å²) in [7, 11) is 1.83. The maximum absolute atomic E-state index is 13.8. The second-order valence-corrected chi connectivity index (χ2v) is 11.5. The highest BCUT2D eigenvalue weighted by molar-refractivity contribution is 5.83. The van der Waals surface area contributed by atoms with Crippen LogP contribution in [0, 0.1) is 26.4 Å². The van der Waals surface area contributed by atoms with Crippen LogP contribution in [0.2, 0.25) is 0 Å². The number of benzene rings is 4. The molecule has 2 heteroatoms. The van der Waals surface area contributed by atoms with Gasteiger partial charge in [-0.3, -0.25) is 0 Å². The average Bonchev–Trinajstić information content (AvgIpc) is 3.00. The molecule has 0 fully saturated rings. The van der Waals surface area contributed by atoms with Crippen LogP contribution in [0.15, 0.2) is 91.1 Å². The van der Waals surface area contributed by atoms with E-state index in [1.165, 1.54) is 12.1 Å². The van der Waals surface area contributed by atoms with E-state index in [0.29, 0.717) is 11.1 Å². The predicted octanol–water partition coefficient (Wildman–Crippen LogP) is 10.5. The quantitative estimate of drug-likeness (QED) is 0.186. The number of rotatable bonds is 6. The third kappa shape index (κ3) is 5.61. The van der Waals surface area contributed by atoms with Crippen molar-refractivity contribution in [2.45, 2.75) is 60.2 Å². The van der Waals surface area contributed by atoms with Gasteiger partial charge in [0.2, 0.25) is 5.69 Å². The van der Waals surface area contributed by atoms with Gasteiger partial charge in [-0.05, 0) is 106 Å². The van der Waals surface area contributed by atoms with E-state index in [1.54, 1.807) is 24.4 Å². The van der Waals surface area contributed by atoms with Gasteiger partial charge in [0, 0.05) is 25.4 Å². The highest BCUT2D eigenvalue weighted by atomic mass is 19.1. The van der Waals surface area contributed by atoms with Crippen LogP contribution in [0.4, 0.5) is 4.39 Å². The molecule has 0 atom stereocenters. The van der Waals surface area contributed by atoms with Crippen molar-refractivity contribution in [1.82, 2.24) is 0 Å². The first kappa shape index (κ1) is 21.7. The molecule has 1 aromatic heterocycles. The molecule has 208 valence electrons. The van der Waals surface area contributed by atoms with Crippen molar-refractivity contribution in [3.8, 4) is 44.6 Å². The molecule has 1 heterocycles. The Bertz CT molecular complexity index is 1890. The Morgan fingerprint density at radius 2 is 1.27 bits per heavy atom. The van der Waals surface area contributed by atoms with E-state index in [-0.39, 0.29) is 28.8 Å². The van der Waals surface area contributed by atoms with Crippen LogP contribution < -0.4 is 4.57 Å². The van der Waals surface area contributed by atoms with Gasteiger partial charge in [0.1, 0.15) is 12.9 Å². The Kier molecular flexibility index (Phi) is 6.05. The SMILES string of the molecule is [2H]C([2H])([2H])c1cc(C)c(-c2cc(-c3c(C(C)C)cc(-c4ccc(F)cc4)cc3C(C)C)c(C([2H])([2H])[2H])c[n+]2C)cc1-c1ccccc1. The van der Waals surface area contributed by atoms with Crippen molar-refractivity contribution in [3.63, 3.8) is 0 Å². The first-order chi connectivity index (χ1) is 22.0. The molecule has 0 unspecified atom stereocenters. The second-order valence-electron chi connectivity index (χ2n) is 11.5. The van der Waals surface area contributed by atoms with Crippen LogP contribution in [-0.2, 0) is 7.05 Å². The summed E-state index contributed by atoms with van der Waals surface area (Å²) in [6, 6.07) is 25.7. The van der Waals surface area contributed by atoms with Gasteiger partial charge in [-0.25, -0.2) is 8.96 Å². The summed E-state index contributed by atoms with van der Waals surface area (Å²) in [5.41, 5.74) is 9.62. The Hall–Kier alpha value is -4.04. The molecule has 0 aliphatic carbocycles. The molecular weight excluding hydrogens is 501 g/mol. The fourth-order valence-corrected chi connectivity index (χ4v) is 5.68. The van der Waals surface area contributed by atoms with Crippen LogP contribution in [0.3, 0.4) is 0 Å². The first-order valence-corrected chi connectivity index (χ1v) is 14.2. The molecule has 0 N–H and O–H groups in total. The summed E-state index contributed by atoms with van der Waals surface area (Å²) in [6.45, 7) is 5.56. The molecule has 4 aromatic carbocycles.